The number of thioether (sulfide) groups is 1. The first-order valence-electron chi connectivity index (χ1n) is 7.05. The third-order valence-electron chi connectivity index (χ3n) is 3.27. The molecule has 0 bridgehead atoms. The van der Waals surface area contributed by atoms with Crippen molar-refractivity contribution in [1.82, 2.24) is 4.90 Å². The van der Waals surface area contributed by atoms with Gasteiger partial charge >= 0.3 is 0 Å². The maximum Gasteiger partial charge on any atom is 0.191 e. The maximum absolute atomic E-state index is 6.08. The van der Waals surface area contributed by atoms with Crippen LogP contribution in [-0.4, -0.2) is 42.1 Å². The van der Waals surface area contributed by atoms with E-state index < -0.39 is 0 Å². The first-order chi connectivity index (χ1) is 9.70. The number of hydrogen-bond donors (Lipinski definition) is 1. The minimum absolute atomic E-state index is 0. The normalized spacial score (nSPS) is 15.5. The van der Waals surface area contributed by atoms with Crippen LogP contribution in [0.5, 0.6) is 5.75 Å². The molecule has 0 radical (unpaired) electrons. The van der Waals surface area contributed by atoms with Crippen molar-refractivity contribution in [2.75, 3.05) is 31.2 Å². The molecule has 1 saturated heterocycles. The summed E-state index contributed by atoms with van der Waals surface area (Å²) in [5, 5.41) is 0. The molecule has 21 heavy (non-hydrogen) atoms. The van der Waals surface area contributed by atoms with Crippen LogP contribution in [0.25, 0.3) is 0 Å². The smallest absolute Gasteiger partial charge is 0.191 e. The SMILES string of the molecule is CCOc1cc(C)ccc1CN=C(N)N1CCSCC1.I. The fourth-order valence-electron chi connectivity index (χ4n) is 2.14. The standard InChI is InChI=1S/C15H23N3OS.HI/c1-3-19-14-10-12(2)4-5-13(14)11-17-15(16)18-6-8-20-9-7-18;/h4-5,10H,3,6-9,11H2,1-2H3,(H2,16,17);1H. The zero-order valence-electron chi connectivity index (χ0n) is 12.7. The molecule has 1 aromatic carbocycles. The average Bonchev–Trinajstić information content (AvgIpc) is 2.47. The zero-order chi connectivity index (χ0) is 14.4. The van der Waals surface area contributed by atoms with Gasteiger partial charge in [0.15, 0.2) is 5.96 Å². The Morgan fingerprint density at radius 2 is 2.10 bits per heavy atom. The summed E-state index contributed by atoms with van der Waals surface area (Å²) in [5.74, 6) is 3.82. The second-order valence-corrected chi connectivity index (χ2v) is 6.04. The lowest BCUT2D eigenvalue weighted by Crippen LogP contribution is -2.42. The molecule has 2 N–H and O–H groups in total. The van der Waals surface area contributed by atoms with E-state index in [1.807, 2.05) is 18.7 Å². The molecule has 0 saturated carbocycles. The molecule has 4 nitrogen and oxygen atoms in total. The Bertz CT molecular complexity index is 476. The summed E-state index contributed by atoms with van der Waals surface area (Å²) in [6.07, 6.45) is 0. The summed E-state index contributed by atoms with van der Waals surface area (Å²) >= 11 is 1.97. The second kappa shape index (κ2) is 9.40. The van der Waals surface area contributed by atoms with Crippen LogP contribution in [-0.2, 0) is 6.54 Å². The van der Waals surface area contributed by atoms with E-state index in [4.69, 9.17) is 10.5 Å². The topological polar surface area (TPSA) is 50.9 Å². The Balaban J connectivity index is 0.00000220. The third-order valence-corrected chi connectivity index (χ3v) is 4.21. The molecule has 0 unspecified atom stereocenters. The fraction of sp³-hybridized carbons (Fsp3) is 0.533. The van der Waals surface area contributed by atoms with E-state index in [1.165, 1.54) is 5.56 Å². The molecule has 2 rings (SSSR count). The van der Waals surface area contributed by atoms with Crippen LogP contribution in [0.3, 0.4) is 0 Å². The summed E-state index contributed by atoms with van der Waals surface area (Å²) in [6.45, 7) is 7.28. The monoisotopic (exact) mass is 421 g/mol. The molecule has 1 aromatic rings. The van der Waals surface area contributed by atoms with Crippen molar-refractivity contribution in [1.29, 1.82) is 0 Å². The van der Waals surface area contributed by atoms with E-state index in [-0.39, 0.29) is 24.0 Å². The predicted molar refractivity (Wildman–Crippen MR) is 102 cm³/mol. The summed E-state index contributed by atoms with van der Waals surface area (Å²) in [5.41, 5.74) is 8.36. The number of halogens is 1. The Hall–Kier alpha value is -0.630. The highest BCUT2D eigenvalue weighted by atomic mass is 127. The Morgan fingerprint density at radius 3 is 2.76 bits per heavy atom. The summed E-state index contributed by atoms with van der Waals surface area (Å²) in [6, 6.07) is 6.21. The lowest BCUT2D eigenvalue weighted by molar-refractivity contribution is 0.336. The van der Waals surface area contributed by atoms with Crippen molar-refractivity contribution in [3.05, 3.63) is 29.3 Å². The van der Waals surface area contributed by atoms with Crippen LogP contribution in [0.1, 0.15) is 18.1 Å². The Kier molecular flexibility index (Phi) is 8.24. The molecule has 1 heterocycles. The molecule has 0 amide bonds. The van der Waals surface area contributed by atoms with Crippen molar-refractivity contribution < 1.29 is 4.74 Å². The van der Waals surface area contributed by atoms with Gasteiger partial charge in [-0.1, -0.05) is 12.1 Å². The van der Waals surface area contributed by atoms with Gasteiger partial charge in [0, 0.05) is 30.2 Å². The van der Waals surface area contributed by atoms with Crippen LogP contribution in [0.2, 0.25) is 0 Å². The lowest BCUT2D eigenvalue weighted by atomic mass is 10.1. The highest BCUT2D eigenvalue weighted by molar-refractivity contribution is 14.0. The summed E-state index contributed by atoms with van der Waals surface area (Å²) < 4.78 is 5.67. The van der Waals surface area contributed by atoms with E-state index in [0.717, 1.165) is 35.9 Å². The van der Waals surface area contributed by atoms with Gasteiger partial charge in [0.25, 0.3) is 0 Å². The number of aliphatic imine (C=N–C) groups is 1. The van der Waals surface area contributed by atoms with Crippen LogP contribution >= 0.6 is 35.7 Å². The summed E-state index contributed by atoms with van der Waals surface area (Å²) in [4.78, 5) is 6.68. The van der Waals surface area contributed by atoms with Gasteiger partial charge in [-0.2, -0.15) is 11.8 Å². The van der Waals surface area contributed by atoms with Gasteiger partial charge in [0.2, 0.25) is 0 Å². The van der Waals surface area contributed by atoms with Crippen molar-refractivity contribution in [3.8, 4) is 5.75 Å². The number of guanidine groups is 1. The van der Waals surface area contributed by atoms with E-state index in [1.54, 1.807) is 0 Å². The number of benzene rings is 1. The minimum Gasteiger partial charge on any atom is -0.494 e. The average molecular weight is 421 g/mol. The van der Waals surface area contributed by atoms with Crippen molar-refractivity contribution >= 4 is 41.7 Å². The number of hydrogen-bond acceptors (Lipinski definition) is 3. The lowest BCUT2D eigenvalue weighted by Gasteiger charge is -2.27. The third kappa shape index (κ3) is 5.58. The van der Waals surface area contributed by atoms with E-state index in [2.05, 4.69) is 35.0 Å². The maximum atomic E-state index is 6.08. The second-order valence-electron chi connectivity index (χ2n) is 4.82. The molecule has 118 valence electrons. The van der Waals surface area contributed by atoms with Gasteiger partial charge in [0.1, 0.15) is 5.75 Å². The Morgan fingerprint density at radius 1 is 1.38 bits per heavy atom. The molecule has 0 spiro atoms. The largest absolute Gasteiger partial charge is 0.494 e. The highest BCUT2D eigenvalue weighted by Crippen LogP contribution is 2.21. The summed E-state index contributed by atoms with van der Waals surface area (Å²) in [7, 11) is 0. The Labute approximate surface area is 148 Å². The molecular weight excluding hydrogens is 397 g/mol. The van der Waals surface area contributed by atoms with Gasteiger partial charge in [-0.25, -0.2) is 4.99 Å². The molecule has 6 heteroatoms. The van der Waals surface area contributed by atoms with Gasteiger partial charge < -0.3 is 15.4 Å². The molecule has 1 fully saturated rings. The van der Waals surface area contributed by atoms with Gasteiger partial charge in [-0.05, 0) is 25.5 Å². The molecule has 0 atom stereocenters. The molecule has 1 aliphatic heterocycles. The van der Waals surface area contributed by atoms with Gasteiger partial charge in [-0.15, -0.1) is 24.0 Å². The number of ether oxygens (including phenoxy) is 1. The van der Waals surface area contributed by atoms with Gasteiger partial charge in [-0.3, -0.25) is 0 Å². The van der Waals surface area contributed by atoms with Crippen LogP contribution in [0.15, 0.2) is 23.2 Å². The zero-order valence-corrected chi connectivity index (χ0v) is 15.8. The van der Waals surface area contributed by atoms with E-state index in [9.17, 15) is 0 Å². The molecule has 1 aliphatic rings. The molecule has 0 aliphatic carbocycles. The van der Waals surface area contributed by atoms with E-state index >= 15 is 0 Å². The van der Waals surface area contributed by atoms with Gasteiger partial charge in [0.05, 0.1) is 13.2 Å². The van der Waals surface area contributed by atoms with Crippen LogP contribution in [0, 0.1) is 6.92 Å². The number of aryl methyl sites for hydroxylation is 1. The number of rotatable bonds is 4. The fourth-order valence-corrected chi connectivity index (χ4v) is 3.04. The van der Waals surface area contributed by atoms with Crippen LogP contribution < -0.4 is 10.5 Å². The number of nitrogens with zero attached hydrogens (tertiary/aromatic N) is 2. The molecule has 0 aromatic heterocycles. The first-order valence-corrected chi connectivity index (χ1v) is 8.21. The van der Waals surface area contributed by atoms with Crippen molar-refractivity contribution in [2.45, 2.75) is 20.4 Å². The minimum atomic E-state index is 0. The quantitative estimate of drug-likeness (QED) is 0.462. The highest BCUT2D eigenvalue weighted by Gasteiger charge is 2.12. The predicted octanol–water partition coefficient (Wildman–Crippen LogP) is 2.88. The van der Waals surface area contributed by atoms with Crippen molar-refractivity contribution in [3.63, 3.8) is 0 Å². The number of nitrogens with two attached hydrogens (primary N) is 1. The van der Waals surface area contributed by atoms with E-state index in [0.29, 0.717) is 19.1 Å². The first kappa shape index (κ1) is 18.4. The van der Waals surface area contributed by atoms with Crippen LogP contribution in [0.4, 0.5) is 0 Å². The molecular formula is C15H24IN3OS. The van der Waals surface area contributed by atoms with Crippen molar-refractivity contribution in [2.24, 2.45) is 10.7 Å².